The predicted molar refractivity (Wildman–Crippen MR) is 35.6 cm³/mol. The number of methoxy groups -OCH3 is 1. The summed E-state index contributed by atoms with van der Waals surface area (Å²) in [5, 5.41) is 13.6. The van der Waals surface area contributed by atoms with Crippen molar-refractivity contribution in [3.63, 3.8) is 0 Å². The van der Waals surface area contributed by atoms with Crippen molar-refractivity contribution in [1.29, 1.82) is 0 Å². The van der Waals surface area contributed by atoms with E-state index in [0.717, 1.165) is 0 Å². The monoisotopic (exact) mass is 163 g/mol. The molecule has 0 unspecified atom stereocenters. The minimum absolute atomic E-state index is 0.347. The third-order valence-corrected chi connectivity index (χ3v) is 0.534. The van der Waals surface area contributed by atoms with E-state index in [4.69, 9.17) is 15.3 Å². The number of rotatable bonds is 1. The highest BCUT2D eigenvalue weighted by Crippen LogP contribution is 1.87. The molecule has 6 heteroatoms. The molecule has 0 fully saturated rings. The van der Waals surface area contributed by atoms with Gasteiger partial charge in [0, 0.05) is 5.57 Å². The molecule has 0 bridgehead atoms. The van der Waals surface area contributed by atoms with Gasteiger partial charge in [-0.3, -0.25) is 0 Å². The molecule has 0 radical (unpaired) electrons. The average molecular weight is 163 g/mol. The molecule has 0 amide bonds. The van der Waals surface area contributed by atoms with Gasteiger partial charge in [0.25, 0.3) is 5.09 Å². The highest BCUT2D eigenvalue weighted by molar-refractivity contribution is 5.86. The number of ether oxygens (including phenoxy) is 1. The molecule has 0 spiro atoms. The maximum atomic E-state index is 10.2. The van der Waals surface area contributed by atoms with E-state index in [9.17, 15) is 4.79 Å². The Hall–Kier alpha value is -1.59. The summed E-state index contributed by atoms with van der Waals surface area (Å²) in [7, 11) is 1.33. The first-order valence-corrected chi connectivity index (χ1v) is 2.49. The van der Waals surface area contributed by atoms with Crippen molar-refractivity contribution in [2.24, 2.45) is 0 Å². The normalized spacial score (nSPS) is 7.09. The molecule has 11 heavy (non-hydrogen) atoms. The Morgan fingerprint density at radius 2 is 2.00 bits per heavy atom. The van der Waals surface area contributed by atoms with Crippen LogP contribution in [0.2, 0.25) is 0 Å². The van der Waals surface area contributed by atoms with Crippen LogP contribution in [0.15, 0.2) is 12.2 Å². The second-order valence-electron chi connectivity index (χ2n) is 1.51. The van der Waals surface area contributed by atoms with Gasteiger partial charge in [-0.2, -0.15) is 0 Å². The fourth-order valence-corrected chi connectivity index (χ4v) is 0.174. The summed E-state index contributed by atoms with van der Waals surface area (Å²) >= 11 is 0. The molecule has 0 aliphatic rings. The molecule has 0 rings (SSSR count). The van der Waals surface area contributed by atoms with Gasteiger partial charge in [-0.1, -0.05) is 6.58 Å². The lowest BCUT2D eigenvalue weighted by atomic mass is 10.4. The molecular weight excluding hydrogens is 154 g/mol. The first-order chi connectivity index (χ1) is 4.91. The highest BCUT2D eigenvalue weighted by atomic mass is 16.9. The first kappa shape index (κ1) is 12.1. The van der Waals surface area contributed by atoms with Crippen molar-refractivity contribution in [2.45, 2.75) is 6.92 Å². The SMILES string of the molecule is C=C(C)C(=O)OC.O=[N+]([O-])O. The van der Waals surface area contributed by atoms with E-state index in [-0.39, 0.29) is 5.97 Å². The summed E-state index contributed by atoms with van der Waals surface area (Å²) in [5.74, 6) is -0.347. The van der Waals surface area contributed by atoms with Gasteiger partial charge >= 0.3 is 5.97 Å². The van der Waals surface area contributed by atoms with E-state index in [2.05, 4.69) is 11.3 Å². The third-order valence-electron chi connectivity index (χ3n) is 0.534. The largest absolute Gasteiger partial charge is 0.466 e. The number of carbonyl (C=O) groups excluding carboxylic acids is 1. The maximum Gasteiger partial charge on any atom is 0.332 e. The predicted octanol–water partition coefficient (Wildman–Crippen LogP) is 0.388. The summed E-state index contributed by atoms with van der Waals surface area (Å²) in [6, 6.07) is 0. The first-order valence-electron chi connectivity index (χ1n) is 2.49. The fourth-order valence-electron chi connectivity index (χ4n) is 0.174. The lowest BCUT2D eigenvalue weighted by Gasteiger charge is -1.91. The van der Waals surface area contributed by atoms with Crippen molar-refractivity contribution in [3.8, 4) is 0 Å². The van der Waals surface area contributed by atoms with Crippen molar-refractivity contribution in [1.82, 2.24) is 0 Å². The Labute approximate surface area is 63.2 Å². The van der Waals surface area contributed by atoms with Crippen LogP contribution in [-0.2, 0) is 9.53 Å². The summed E-state index contributed by atoms with van der Waals surface area (Å²) in [6.45, 7) is 4.95. The number of hydrogen-bond donors (Lipinski definition) is 1. The van der Waals surface area contributed by atoms with Gasteiger partial charge < -0.3 is 9.94 Å². The zero-order valence-electron chi connectivity index (χ0n) is 6.23. The molecule has 0 heterocycles. The second kappa shape index (κ2) is 6.53. The molecule has 6 nitrogen and oxygen atoms in total. The van der Waals surface area contributed by atoms with Crippen LogP contribution in [0.3, 0.4) is 0 Å². The lowest BCUT2D eigenvalue weighted by molar-refractivity contribution is -0.742. The Morgan fingerprint density at radius 1 is 1.73 bits per heavy atom. The average Bonchev–Trinajstić information content (AvgIpc) is 1.85. The van der Waals surface area contributed by atoms with Crippen LogP contribution in [0.1, 0.15) is 6.92 Å². The van der Waals surface area contributed by atoms with Crippen LogP contribution < -0.4 is 0 Å². The zero-order chi connectivity index (χ0) is 9.44. The molecule has 64 valence electrons. The fraction of sp³-hybridized carbons (Fsp3) is 0.400. The van der Waals surface area contributed by atoms with Crippen molar-refractivity contribution < 1.29 is 19.8 Å². The molecule has 1 N–H and O–H groups in total. The van der Waals surface area contributed by atoms with Crippen LogP contribution in [0, 0.1) is 10.1 Å². The van der Waals surface area contributed by atoms with Crippen LogP contribution >= 0.6 is 0 Å². The van der Waals surface area contributed by atoms with E-state index in [0.29, 0.717) is 5.57 Å². The topological polar surface area (TPSA) is 89.7 Å². The molecule has 0 atom stereocenters. The van der Waals surface area contributed by atoms with Gasteiger partial charge in [-0.25, -0.2) is 4.79 Å². The maximum absolute atomic E-state index is 10.2. The van der Waals surface area contributed by atoms with Gasteiger partial charge in [0.1, 0.15) is 0 Å². The molecule has 0 aliphatic carbocycles. The van der Waals surface area contributed by atoms with E-state index >= 15 is 0 Å². The summed E-state index contributed by atoms with van der Waals surface area (Å²) in [5.41, 5.74) is 0.433. The number of hydrogen-bond acceptors (Lipinski definition) is 4. The summed E-state index contributed by atoms with van der Waals surface area (Å²) in [4.78, 5) is 18.6. The summed E-state index contributed by atoms with van der Waals surface area (Å²) < 4.78 is 4.27. The van der Waals surface area contributed by atoms with Crippen LogP contribution in [0.5, 0.6) is 0 Å². The van der Waals surface area contributed by atoms with E-state index in [1.807, 2.05) is 0 Å². The smallest absolute Gasteiger partial charge is 0.332 e. The van der Waals surface area contributed by atoms with Crippen molar-refractivity contribution in [2.75, 3.05) is 7.11 Å². The van der Waals surface area contributed by atoms with E-state index < -0.39 is 5.09 Å². The molecular formula is C5H9NO5. The Kier molecular flexibility index (Phi) is 7.19. The molecule has 0 saturated carbocycles. The highest BCUT2D eigenvalue weighted by Gasteiger charge is 1.95. The van der Waals surface area contributed by atoms with Crippen LogP contribution in [0.4, 0.5) is 0 Å². The van der Waals surface area contributed by atoms with Crippen molar-refractivity contribution >= 4 is 5.97 Å². The molecule has 0 saturated heterocycles. The Morgan fingerprint density at radius 3 is 2.00 bits per heavy atom. The van der Waals surface area contributed by atoms with Gasteiger partial charge in [0.2, 0.25) is 0 Å². The van der Waals surface area contributed by atoms with Crippen LogP contribution in [-0.4, -0.2) is 23.4 Å². The van der Waals surface area contributed by atoms with E-state index in [1.54, 1.807) is 6.92 Å². The summed E-state index contributed by atoms with van der Waals surface area (Å²) in [6.07, 6.45) is 0. The quantitative estimate of drug-likeness (QED) is 0.261. The number of carbonyl (C=O) groups is 1. The third kappa shape index (κ3) is 17.8. The van der Waals surface area contributed by atoms with Gasteiger partial charge in [0.05, 0.1) is 7.11 Å². The van der Waals surface area contributed by atoms with Crippen molar-refractivity contribution in [3.05, 3.63) is 22.3 Å². The molecule has 0 aromatic rings. The minimum atomic E-state index is -1.50. The number of esters is 1. The standard InChI is InChI=1S/C5H8O2.HNO3/c1-4(2)5(6)7-3;2-1(3)4/h1H2,2-3H3;(H,2,3,4). The van der Waals surface area contributed by atoms with Gasteiger partial charge in [-0.15, -0.1) is 10.1 Å². The minimum Gasteiger partial charge on any atom is -0.466 e. The molecule has 0 aliphatic heterocycles. The van der Waals surface area contributed by atoms with Gasteiger partial charge in [-0.05, 0) is 6.92 Å². The molecule has 0 aromatic carbocycles. The lowest BCUT2D eigenvalue weighted by Crippen LogP contribution is -1.98. The number of nitrogens with zero attached hydrogens (tertiary/aromatic N) is 1. The van der Waals surface area contributed by atoms with Crippen LogP contribution in [0.25, 0.3) is 0 Å². The van der Waals surface area contributed by atoms with Gasteiger partial charge in [0.15, 0.2) is 0 Å². The zero-order valence-corrected chi connectivity index (χ0v) is 6.23. The Bertz CT molecular complexity index is 160. The second-order valence-corrected chi connectivity index (χ2v) is 1.51. The Balaban J connectivity index is 0. The van der Waals surface area contributed by atoms with E-state index in [1.165, 1.54) is 7.11 Å². The molecule has 0 aromatic heterocycles.